The first-order valence-corrected chi connectivity index (χ1v) is 14.6. The van der Waals surface area contributed by atoms with Gasteiger partial charge >= 0.3 is 0 Å². The minimum atomic E-state index is -4.26. The molecule has 0 aliphatic heterocycles. The molecule has 0 spiro atoms. The standard InChI is InChI=1S/C29H34ClN3O6S/c1-5-18-31-29(35)21(2)32(19-22-10-6-7-11-25(22)30)28(34)20-33(26-12-8-9-13-27(26)39-4)40(36,37)24-16-14-23(38-3)15-17-24/h6-17,21H,5,18-20H2,1-4H3,(H,31,35). The number of nitrogens with zero attached hydrogens (tertiary/aromatic N) is 2. The third-order valence-electron chi connectivity index (χ3n) is 6.30. The van der Waals surface area contributed by atoms with Crippen molar-refractivity contribution in [1.29, 1.82) is 0 Å². The number of sulfonamides is 1. The predicted molar refractivity (Wildman–Crippen MR) is 155 cm³/mol. The van der Waals surface area contributed by atoms with Gasteiger partial charge in [-0.25, -0.2) is 8.42 Å². The Morgan fingerprint density at radius 3 is 2.23 bits per heavy atom. The zero-order valence-electron chi connectivity index (χ0n) is 23.0. The van der Waals surface area contributed by atoms with E-state index in [0.717, 1.165) is 10.7 Å². The SMILES string of the molecule is CCCNC(=O)C(C)N(Cc1ccccc1Cl)C(=O)CN(c1ccccc1OC)S(=O)(=O)c1ccc(OC)cc1. The van der Waals surface area contributed by atoms with Crippen molar-refractivity contribution < 1.29 is 27.5 Å². The summed E-state index contributed by atoms with van der Waals surface area (Å²) in [5.41, 5.74) is 0.796. The Balaban J connectivity index is 2.07. The highest BCUT2D eigenvalue weighted by molar-refractivity contribution is 7.92. The van der Waals surface area contributed by atoms with Gasteiger partial charge in [0.2, 0.25) is 11.8 Å². The molecule has 0 aliphatic carbocycles. The van der Waals surface area contributed by atoms with Crippen LogP contribution in [0.2, 0.25) is 5.02 Å². The molecule has 1 atom stereocenters. The van der Waals surface area contributed by atoms with Gasteiger partial charge in [0.05, 0.1) is 24.8 Å². The maximum absolute atomic E-state index is 14.0. The van der Waals surface area contributed by atoms with Crippen molar-refractivity contribution in [2.75, 3.05) is 31.6 Å². The average molecular weight is 588 g/mol. The minimum Gasteiger partial charge on any atom is -0.497 e. The van der Waals surface area contributed by atoms with Crippen LogP contribution in [0.1, 0.15) is 25.8 Å². The molecule has 0 bridgehead atoms. The zero-order valence-corrected chi connectivity index (χ0v) is 24.5. The quantitative estimate of drug-likeness (QED) is 0.316. The molecule has 0 saturated heterocycles. The van der Waals surface area contributed by atoms with Crippen LogP contribution in [0, 0.1) is 0 Å². The number of amides is 2. The highest BCUT2D eigenvalue weighted by atomic mass is 35.5. The van der Waals surface area contributed by atoms with Crippen LogP contribution in [0.25, 0.3) is 0 Å². The Morgan fingerprint density at radius 1 is 0.950 bits per heavy atom. The normalized spacial score (nSPS) is 11.8. The number of anilines is 1. The zero-order chi connectivity index (χ0) is 29.3. The van der Waals surface area contributed by atoms with E-state index in [4.69, 9.17) is 21.1 Å². The fourth-order valence-corrected chi connectivity index (χ4v) is 5.63. The van der Waals surface area contributed by atoms with E-state index in [9.17, 15) is 18.0 Å². The number of methoxy groups -OCH3 is 2. The molecule has 9 nitrogen and oxygen atoms in total. The first kappa shape index (κ1) is 30.8. The van der Waals surface area contributed by atoms with Gasteiger partial charge in [0.25, 0.3) is 10.0 Å². The summed E-state index contributed by atoms with van der Waals surface area (Å²) in [6.45, 7) is 3.38. The molecule has 1 N–H and O–H groups in total. The Bertz CT molecular complexity index is 1420. The number of ether oxygens (including phenoxy) is 2. The van der Waals surface area contributed by atoms with Crippen LogP contribution in [0.5, 0.6) is 11.5 Å². The fourth-order valence-electron chi connectivity index (χ4n) is 4.01. The van der Waals surface area contributed by atoms with Crippen molar-refractivity contribution in [3.05, 3.63) is 83.4 Å². The van der Waals surface area contributed by atoms with Gasteiger partial charge in [-0.1, -0.05) is 48.9 Å². The van der Waals surface area contributed by atoms with Crippen LogP contribution in [0.4, 0.5) is 5.69 Å². The van der Waals surface area contributed by atoms with Crippen LogP contribution in [0.15, 0.2) is 77.7 Å². The van der Waals surface area contributed by atoms with E-state index < -0.39 is 28.5 Å². The van der Waals surface area contributed by atoms with Crippen molar-refractivity contribution in [2.24, 2.45) is 0 Å². The van der Waals surface area contributed by atoms with Crippen molar-refractivity contribution in [3.8, 4) is 11.5 Å². The molecule has 0 saturated carbocycles. The van der Waals surface area contributed by atoms with Crippen LogP contribution in [0.3, 0.4) is 0 Å². The number of halogens is 1. The van der Waals surface area contributed by atoms with E-state index in [2.05, 4.69) is 5.32 Å². The smallest absolute Gasteiger partial charge is 0.264 e. The molecule has 0 heterocycles. The van der Waals surface area contributed by atoms with E-state index in [1.807, 2.05) is 6.92 Å². The topological polar surface area (TPSA) is 105 Å². The largest absolute Gasteiger partial charge is 0.497 e. The lowest BCUT2D eigenvalue weighted by Crippen LogP contribution is -2.51. The molecule has 0 aliphatic rings. The molecule has 214 valence electrons. The lowest BCUT2D eigenvalue weighted by molar-refractivity contribution is -0.139. The number of para-hydroxylation sites is 2. The van der Waals surface area contributed by atoms with Gasteiger partial charge in [-0.2, -0.15) is 0 Å². The average Bonchev–Trinajstić information content (AvgIpc) is 2.97. The van der Waals surface area contributed by atoms with Crippen LogP contribution in [-0.2, 0) is 26.2 Å². The van der Waals surface area contributed by atoms with Gasteiger partial charge in [0, 0.05) is 18.1 Å². The van der Waals surface area contributed by atoms with Crippen LogP contribution < -0.4 is 19.1 Å². The molecule has 1 unspecified atom stereocenters. The molecule has 3 aromatic rings. The van der Waals surface area contributed by atoms with Gasteiger partial charge in [-0.15, -0.1) is 0 Å². The molecule has 0 radical (unpaired) electrons. The second-order valence-electron chi connectivity index (χ2n) is 8.94. The molecule has 0 aromatic heterocycles. The van der Waals surface area contributed by atoms with Crippen molar-refractivity contribution in [2.45, 2.75) is 37.8 Å². The molecule has 11 heteroatoms. The summed E-state index contributed by atoms with van der Waals surface area (Å²) < 4.78 is 39.6. The van der Waals surface area contributed by atoms with E-state index in [-0.39, 0.29) is 28.8 Å². The first-order chi connectivity index (χ1) is 19.1. The second kappa shape index (κ2) is 14.0. The summed E-state index contributed by atoms with van der Waals surface area (Å²) in [5.74, 6) is -0.207. The molecular formula is C29H34ClN3O6S. The minimum absolute atomic E-state index is 0.00155. The summed E-state index contributed by atoms with van der Waals surface area (Å²) >= 11 is 6.39. The third-order valence-corrected chi connectivity index (χ3v) is 8.44. The van der Waals surface area contributed by atoms with Crippen LogP contribution >= 0.6 is 11.6 Å². The maximum atomic E-state index is 14.0. The molecule has 3 aromatic carbocycles. The van der Waals surface area contributed by atoms with Crippen molar-refractivity contribution in [1.82, 2.24) is 10.2 Å². The number of benzene rings is 3. The Kier molecular flexibility index (Phi) is 10.8. The van der Waals surface area contributed by atoms with Gasteiger partial charge in [-0.05, 0) is 61.4 Å². The Hall–Kier alpha value is -3.76. The number of hydrogen-bond acceptors (Lipinski definition) is 6. The van der Waals surface area contributed by atoms with E-state index in [1.165, 1.54) is 43.4 Å². The number of hydrogen-bond donors (Lipinski definition) is 1. The lowest BCUT2D eigenvalue weighted by Gasteiger charge is -2.32. The summed E-state index contributed by atoms with van der Waals surface area (Å²) in [6.07, 6.45) is 0.721. The Morgan fingerprint density at radius 2 is 1.60 bits per heavy atom. The monoisotopic (exact) mass is 587 g/mol. The van der Waals surface area contributed by atoms with Gasteiger partial charge < -0.3 is 19.7 Å². The molecule has 0 fully saturated rings. The van der Waals surface area contributed by atoms with Crippen molar-refractivity contribution in [3.63, 3.8) is 0 Å². The summed E-state index contributed by atoms with van der Waals surface area (Å²) in [7, 11) is -1.36. The highest BCUT2D eigenvalue weighted by Crippen LogP contribution is 2.33. The van der Waals surface area contributed by atoms with E-state index in [1.54, 1.807) is 55.5 Å². The molecule has 2 amide bonds. The van der Waals surface area contributed by atoms with Gasteiger partial charge in [-0.3, -0.25) is 13.9 Å². The summed E-state index contributed by atoms with van der Waals surface area (Å²) in [4.78, 5) is 28.2. The Labute approximate surface area is 240 Å². The number of rotatable bonds is 13. The number of nitrogens with one attached hydrogen (secondary N) is 1. The van der Waals surface area contributed by atoms with Gasteiger partial charge in [0.1, 0.15) is 24.1 Å². The highest BCUT2D eigenvalue weighted by Gasteiger charge is 2.34. The third kappa shape index (κ3) is 7.25. The first-order valence-electron chi connectivity index (χ1n) is 12.7. The summed E-state index contributed by atoms with van der Waals surface area (Å²) in [5, 5.41) is 3.23. The van der Waals surface area contributed by atoms with Gasteiger partial charge in [0.15, 0.2) is 0 Å². The number of carbonyl (C=O) groups excluding carboxylic acids is 2. The van der Waals surface area contributed by atoms with E-state index in [0.29, 0.717) is 22.9 Å². The molecule has 3 rings (SSSR count). The molecule has 40 heavy (non-hydrogen) atoms. The van der Waals surface area contributed by atoms with E-state index >= 15 is 0 Å². The fraction of sp³-hybridized carbons (Fsp3) is 0.310. The maximum Gasteiger partial charge on any atom is 0.264 e. The predicted octanol–water partition coefficient (Wildman–Crippen LogP) is 4.50. The number of carbonyl (C=O) groups is 2. The summed E-state index contributed by atoms with van der Waals surface area (Å²) in [6, 6.07) is 18.5. The lowest BCUT2D eigenvalue weighted by atomic mass is 10.1. The van der Waals surface area contributed by atoms with Crippen LogP contribution in [-0.4, -0.2) is 58.5 Å². The van der Waals surface area contributed by atoms with Crippen molar-refractivity contribution >= 4 is 39.1 Å². The second-order valence-corrected chi connectivity index (χ2v) is 11.2. The molecular weight excluding hydrogens is 554 g/mol.